The highest BCUT2D eigenvalue weighted by atomic mass is 16.2. The summed E-state index contributed by atoms with van der Waals surface area (Å²) >= 11 is 0. The zero-order valence-corrected chi connectivity index (χ0v) is 16.5. The van der Waals surface area contributed by atoms with Crippen molar-refractivity contribution in [1.29, 1.82) is 0 Å². The van der Waals surface area contributed by atoms with Gasteiger partial charge < -0.3 is 10.2 Å². The summed E-state index contributed by atoms with van der Waals surface area (Å²) in [5, 5.41) is 3.31. The largest absolute Gasteiger partial charge is 0.353 e. The van der Waals surface area contributed by atoms with Crippen LogP contribution in [0.15, 0.2) is 24.3 Å². The third kappa shape index (κ3) is 3.90. The maximum absolute atomic E-state index is 13.1. The summed E-state index contributed by atoms with van der Waals surface area (Å²) in [6.45, 7) is 3.42. The number of hydrogen-bond donors (Lipinski definition) is 1. The Bertz CT molecular complexity index is 685. The van der Waals surface area contributed by atoms with E-state index in [-0.39, 0.29) is 23.1 Å². The zero-order chi connectivity index (χ0) is 18.9. The molecule has 1 aromatic carbocycles. The molecule has 1 aliphatic heterocycles. The molecule has 1 heterocycles. The van der Waals surface area contributed by atoms with Crippen LogP contribution in [0.1, 0.15) is 62.5 Å². The van der Waals surface area contributed by atoms with Gasteiger partial charge in [0.05, 0.1) is 12.3 Å². The number of benzene rings is 1. The van der Waals surface area contributed by atoms with Crippen molar-refractivity contribution in [2.45, 2.75) is 70.8 Å². The predicted molar refractivity (Wildman–Crippen MR) is 106 cm³/mol. The number of carbonyl (C=O) groups is 2. The van der Waals surface area contributed by atoms with Crippen LogP contribution in [0.25, 0.3) is 0 Å². The van der Waals surface area contributed by atoms with Crippen molar-refractivity contribution in [3.63, 3.8) is 0 Å². The number of hydrogen-bond acceptors (Lipinski definition) is 2. The van der Waals surface area contributed by atoms with Gasteiger partial charge in [-0.05, 0) is 38.2 Å². The number of rotatable bonds is 4. The highest BCUT2D eigenvalue weighted by Crippen LogP contribution is 2.49. The number of nitrogens with zero attached hydrogens (tertiary/aromatic N) is 1. The minimum absolute atomic E-state index is 0.0195. The first kappa shape index (κ1) is 18.5. The first-order chi connectivity index (χ1) is 13.1. The van der Waals surface area contributed by atoms with Crippen molar-refractivity contribution < 1.29 is 9.59 Å². The Balaban J connectivity index is 1.44. The van der Waals surface area contributed by atoms with Crippen molar-refractivity contribution in [3.8, 4) is 0 Å². The van der Waals surface area contributed by atoms with E-state index in [2.05, 4.69) is 24.4 Å². The molecule has 3 fully saturated rings. The third-order valence-corrected chi connectivity index (χ3v) is 7.09. The van der Waals surface area contributed by atoms with Crippen LogP contribution in [0.2, 0.25) is 0 Å². The second-order valence-corrected chi connectivity index (χ2v) is 9.05. The van der Waals surface area contributed by atoms with E-state index in [0.29, 0.717) is 19.0 Å². The van der Waals surface area contributed by atoms with Crippen molar-refractivity contribution in [2.75, 3.05) is 13.1 Å². The molecular weight excluding hydrogens is 336 g/mol. The average Bonchev–Trinajstić information content (AvgIpc) is 3.39. The summed E-state index contributed by atoms with van der Waals surface area (Å²) < 4.78 is 0. The normalized spacial score (nSPS) is 24.6. The summed E-state index contributed by atoms with van der Waals surface area (Å²) in [4.78, 5) is 28.0. The monoisotopic (exact) mass is 368 g/mol. The standard InChI is InChI=1S/C23H32N2O2/c1-17-8-10-18(11-9-17)14-21(26)25-15-20(23(16-25)12-4-5-13-23)22(27)24-19-6-2-3-7-19/h8-11,19-20H,2-7,12-16H2,1H3,(H,24,27). The van der Waals surface area contributed by atoms with E-state index in [1.54, 1.807) is 0 Å². The zero-order valence-electron chi connectivity index (χ0n) is 16.5. The predicted octanol–water partition coefficient (Wildman–Crippen LogP) is 3.62. The molecular formula is C23H32N2O2. The first-order valence-electron chi connectivity index (χ1n) is 10.7. The van der Waals surface area contributed by atoms with Gasteiger partial charge >= 0.3 is 0 Å². The molecule has 0 radical (unpaired) electrons. The number of carbonyl (C=O) groups excluding carboxylic acids is 2. The van der Waals surface area contributed by atoms with Gasteiger partial charge in [0.2, 0.25) is 11.8 Å². The molecule has 1 unspecified atom stereocenters. The molecule has 0 aromatic heterocycles. The quantitative estimate of drug-likeness (QED) is 0.882. The topological polar surface area (TPSA) is 49.4 Å². The van der Waals surface area contributed by atoms with E-state index in [1.165, 1.54) is 31.2 Å². The fraction of sp³-hybridized carbons (Fsp3) is 0.652. The van der Waals surface area contributed by atoms with Crippen LogP contribution < -0.4 is 5.32 Å². The lowest BCUT2D eigenvalue weighted by molar-refractivity contribution is -0.130. The smallest absolute Gasteiger partial charge is 0.227 e. The van der Waals surface area contributed by atoms with Crippen LogP contribution in [0, 0.1) is 18.3 Å². The SMILES string of the molecule is Cc1ccc(CC(=O)N2CC(C(=O)NC3CCCC3)C3(CCCC3)C2)cc1. The van der Waals surface area contributed by atoms with Gasteiger partial charge in [-0.15, -0.1) is 0 Å². The molecule has 4 heteroatoms. The molecule has 2 saturated carbocycles. The summed E-state index contributed by atoms with van der Waals surface area (Å²) in [5.41, 5.74) is 2.29. The van der Waals surface area contributed by atoms with E-state index in [0.717, 1.165) is 37.8 Å². The molecule has 2 aliphatic carbocycles. The van der Waals surface area contributed by atoms with Gasteiger partial charge in [-0.3, -0.25) is 9.59 Å². The fourth-order valence-corrected chi connectivity index (χ4v) is 5.47. The van der Waals surface area contributed by atoms with Crippen LogP contribution in [0.3, 0.4) is 0 Å². The Hall–Kier alpha value is -1.84. The summed E-state index contributed by atoms with van der Waals surface area (Å²) in [5.74, 6) is 0.346. The van der Waals surface area contributed by atoms with Gasteiger partial charge in [-0.2, -0.15) is 0 Å². The van der Waals surface area contributed by atoms with Crippen molar-refractivity contribution in [2.24, 2.45) is 11.3 Å². The van der Waals surface area contributed by atoms with E-state index in [9.17, 15) is 9.59 Å². The Morgan fingerprint density at radius 1 is 1.07 bits per heavy atom. The van der Waals surface area contributed by atoms with E-state index in [4.69, 9.17) is 0 Å². The third-order valence-electron chi connectivity index (χ3n) is 7.09. The molecule has 1 N–H and O–H groups in total. The highest BCUT2D eigenvalue weighted by Gasteiger charge is 2.52. The second-order valence-electron chi connectivity index (χ2n) is 9.05. The number of aryl methyl sites for hydroxylation is 1. The van der Waals surface area contributed by atoms with Gasteiger partial charge in [0.1, 0.15) is 0 Å². The maximum atomic E-state index is 13.1. The lowest BCUT2D eigenvalue weighted by Crippen LogP contribution is -2.43. The number of amides is 2. The van der Waals surface area contributed by atoms with E-state index < -0.39 is 0 Å². The van der Waals surface area contributed by atoms with E-state index in [1.807, 2.05) is 17.0 Å². The minimum Gasteiger partial charge on any atom is -0.353 e. The first-order valence-corrected chi connectivity index (χ1v) is 10.7. The summed E-state index contributed by atoms with van der Waals surface area (Å²) in [6, 6.07) is 8.55. The maximum Gasteiger partial charge on any atom is 0.227 e. The molecule has 1 atom stereocenters. The number of likely N-dealkylation sites (tertiary alicyclic amines) is 1. The van der Waals surface area contributed by atoms with Crippen LogP contribution in [-0.2, 0) is 16.0 Å². The van der Waals surface area contributed by atoms with Crippen LogP contribution in [-0.4, -0.2) is 35.8 Å². The van der Waals surface area contributed by atoms with Gasteiger partial charge in [0.25, 0.3) is 0 Å². The molecule has 4 nitrogen and oxygen atoms in total. The fourth-order valence-electron chi connectivity index (χ4n) is 5.47. The molecule has 27 heavy (non-hydrogen) atoms. The lowest BCUT2D eigenvalue weighted by atomic mass is 9.76. The Morgan fingerprint density at radius 2 is 1.74 bits per heavy atom. The molecule has 2 amide bonds. The Labute approximate surface area is 162 Å². The van der Waals surface area contributed by atoms with Crippen LogP contribution in [0.5, 0.6) is 0 Å². The molecule has 1 spiro atoms. The molecule has 146 valence electrons. The molecule has 0 bridgehead atoms. The van der Waals surface area contributed by atoms with Gasteiger partial charge in [0.15, 0.2) is 0 Å². The van der Waals surface area contributed by atoms with Crippen LogP contribution in [0.4, 0.5) is 0 Å². The van der Waals surface area contributed by atoms with Crippen LogP contribution >= 0.6 is 0 Å². The lowest BCUT2D eigenvalue weighted by Gasteiger charge is -2.29. The molecule has 1 aromatic rings. The van der Waals surface area contributed by atoms with Gasteiger partial charge in [0, 0.05) is 24.5 Å². The highest BCUT2D eigenvalue weighted by molar-refractivity contribution is 5.84. The average molecular weight is 369 g/mol. The molecule has 4 rings (SSSR count). The second kappa shape index (κ2) is 7.65. The van der Waals surface area contributed by atoms with Crippen molar-refractivity contribution >= 4 is 11.8 Å². The summed E-state index contributed by atoms with van der Waals surface area (Å²) in [6.07, 6.45) is 9.66. The van der Waals surface area contributed by atoms with Gasteiger partial charge in [-0.1, -0.05) is 55.5 Å². The van der Waals surface area contributed by atoms with Gasteiger partial charge in [-0.25, -0.2) is 0 Å². The minimum atomic E-state index is -0.0254. The number of nitrogens with one attached hydrogen (secondary N) is 1. The summed E-state index contributed by atoms with van der Waals surface area (Å²) in [7, 11) is 0. The molecule has 1 saturated heterocycles. The van der Waals surface area contributed by atoms with Crippen molar-refractivity contribution in [1.82, 2.24) is 10.2 Å². The van der Waals surface area contributed by atoms with E-state index >= 15 is 0 Å². The Kier molecular flexibility index (Phi) is 5.25. The van der Waals surface area contributed by atoms with Crippen molar-refractivity contribution in [3.05, 3.63) is 35.4 Å². The molecule has 3 aliphatic rings. The Morgan fingerprint density at radius 3 is 2.41 bits per heavy atom.